The van der Waals surface area contributed by atoms with Gasteiger partial charge in [-0.25, -0.2) is 9.69 Å². The molecule has 0 bridgehead atoms. The first-order valence-corrected chi connectivity index (χ1v) is 7.76. The van der Waals surface area contributed by atoms with E-state index in [9.17, 15) is 19.5 Å². The van der Waals surface area contributed by atoms with Gasteiger partial charge in [-0.15, -0.1) is 0 Å². The van der Waals surface area contributed by atoms with Gasteiger partial charge in [-0.05, 0) is 42.3 Å². The third kappa shape index (κ3) is 3.02. The number of anilines is 1. The summed E-state index contributed by atoms with van der Waals surface area (Å²) in [4.78, 5) is 38.1. The molecule has 0 aliphatic carbocycles. The van der Waals surface area contributed by atoms with Gasteiger partial charge in [0, 0.05) is 0 Å². The largest absolute Gasteiger partial charge is 0.504 e. The zero-order valence-electron chi connectivity index (χ0n) is 14.1. The SMILES string of the molecule is COc1ccc(/C=C2\C(=O)NC(=O)N(c3ccccc3C)C2=O)cc1O. The summed E-state index contributed by atoms with van der Waals surface area (Å²) < 4.78 is 4.96. The number of urea groups is 1. The molecule has 7 heteroatoms. The molecule has 26 heavy (non-hydrogen) atoms. The third-order valence-electron chi connectivity index (χ3n) is 3.97. The van der Waals surface area contributed by atoms with Gasteiger partial charge in [0.25, 0.3) is 11.8 Å². The van der Waals surface area contributed by atoms with E-state index in [1.807, 2.05) is 0 Å². The van der Waals surface area contributed by atoms with Crippen LogP contribution in [0.25, 0.3) is 6.08 Å². The maximum atomic E-state index is 12.8. The minimum Gasteiger partial charge on any atom is -0.504 e. The lowest BCUT2D eigenvalue weighted by Gasteiger charge is -2.27. The summed E-state index contributed by atoms with van der Waals surface area (Å²) in [5.41, 5.74) is 1.32. The first-order valence-electron chi connectivity index (χ1n) is 7.76. The number of rotatable bonds is 3. The van der Waals surface area contributed by atoms with E-state index in [0.29, 0.717) is 16.8 Å². The van der Waals surface area contributed by atoms with E-state index in [4.69, 9.17) is 4.74 Å². The van der Waals surface area contributed by atoms with Crippen LogP contribution in [0.4, 0.5) is 10.5 Å². The predicted octanol–water partition coefficient (Wildman–Crippen LogP) is 2.38. The second-order valence-corrected chi connectivity index (χ2v) is 5.68. The number of hydrogen-bond donors (Lipinski definition) is 2. The van der Waals surface area contributed by atoms with E-state index in [-0.39, 0.29) is 17.1 Å². The molecule has 1 heterocycles. The van der Waals surface area contributed by atoms with Crippen molar-refractivity contribution in [1.82, 2.24) is 5.32 Å². The number of phenols is 1. The maximum Gasteiger partial charge on any atom is 0.335 e. The number of methoxy groups -OCH3 is 1. The molecule has 0 unspecified atom stereocenters. The highest BCUT2D eigenvalue weighted by atomic mass is 16.5. The summed E-state index contributed by atoms with van der Waals surface area (Å²) in [5, 5.41) is 12.0. The average Bonchev–Trinajstić information content (AvgIpc) is 2.60. The van der Waals surface area contributed by atoms with Crippen molar-refractivity contribution in [2.75, 3.05) is 12.0 Å². The van der Waals surface area contributed by atoms with Crippen molar-refractivity contribution in [1.29, 1.82) is 0 Å². The van der Waals surface area contributed by atoms with Crippen LogP contribution in [0.5, 0.6) is 11.5 Å². The number of carbonyl (C=O) groups is 3. The van der Waals surface area contributed by atoms with Crippen LogP contribution in [-0.4, -0.2) is 30.1 Å². The molecule has 1 aliphatic rings. The Labute approximate surface area is 149 Å². The highest BCUT2D eigenvalue weighted by Gasteiger charge is 2.37. The normalized spacial score (nSPS) is 16.0. The van der Waals surface area contributed by atoms with Crippen LogP contribution in [0, 0.1) is 6.92 Å². The van der Waals surface area contributed by atoms with Crippen LogP contribution in [0.15, 0.2) is 48.0 Å². The molecule has 4 amide bonds. The van der Waals surface area contributed by atoms with E-state index < -0.39 is 17.8 Å². The number of benzene rings is 2. The molecule has 1 saturated heterocycles. The van der Waals surface area contributed by atoms with Crippen molar-refractivity contribution in [3.05, 3.63) is 59.2 Å². The lowest BCUT2D eigenvalue weighted by molar-refractivity contribution is -0.122. The topological polar surface area (TPSA) is 95.9 Å². The van der Waals surface area contributed by atoms with Gasteiger partial charge >= 0.3 is 6.03 Å². The zero-order valence-corrected chi connectivity index (χ0v) is 14.1. The van der Waals surface area contributed by atoms with Crippen molar-refractivity contribution in [3.8, 4) is 11.5 Å². The van der Waals surface area contributed by atoms with E-state index >= 15 is 0 Å². The Morgan fingerprint density at radius 1 is 1.12 bits per heavy atom. The summed E-state index contributed by atoms with van der Waals surface area (Å²) in [7, 11) is 1.41. The number of carbonyl (C=O) groups excluding carboxylic acids is 3. The fourth-order valence-electron chi connectivity index (χ4n) is 2.65. The van der Waals surface area contributed by atoms with Crippen molar-refractivity contribution in [3.63, 3.8) is 0 Å². The Balaban J connectivity index is 2.03. The molecule has 2 N–H and O–H groups in total. The molecular formula is C19H16N2O5. The van der Waals surface area contributed by atoms with Gasteiger partial charge in [0.15, 0.2) is 11.5 Å². The van der Waals surface area contributed by atoms with Crippen LogP contribution >= 0.6 is 0 Å². The molecule has 2 aromatic carbocycles. The second kappa shape index (κ2) is 6.72. The number of nitrogens with one attached hydrogen (secondary N) is 1. The Morgan fingerprint density at radius 2 is 1.85 bits per heavy atom. The summed E-state index contributed by atoms with van der Waals surface area (Å²) >= 11 is 0. The van der Waals surface area contributed by atoms with Gasteiger partial charge < -0.3 is 9.84 Å². The molecule has 1 fully saturated rings. The monoisotopic (exact) mass is 352 g/mol. The first kappa shape index (κ1) is 17.2. The summed E-state index contributed by atoms with van der Waals surface area (Å²) in [5.74, 6) is -1.39. The van der Waals surface area contributed by atoms with Gasteiger partial charge in [-0.2, -0.15) is 0 Å². The number of aryl methyl sites for hydroxylation is 1. The minimum atomic E-state index is -0.802. The minimum absolute atomic E-state index is 0.127. The zero-order chi connectivity index (χ0) is 18.8. The smallest absolute Gasteiger partial charge is 0.335 e. The van der Waals surface area contributed by atoms with Crippen LogP contribution in [-0.2, 0) is 9.59 Å². The average molecular weight is 352 g/mol. The van der Waals surface area contributed by atoms with E-state index in [2.05, 4.69) is 5.32 Å². The lowest BCUT2D eigenvalue weighted by Crippen LogP contribution is -2.54. The van der Waals surface area contributed by atoms with Crippen molar-refractivity contribution < 1.29 is 24.2 Å². The van der Waals surface area contributed by atoms with Gasteiger partial charge in [0.2, 0.25) is 0 Å². The van der Waals surface area contributed by atoms with Crippen molar-refractivity contribution in [2.24, 2.45) is 0 Å². The number of phenolic OH excluding ortho intramolecular Hbond substituents is 1. The number of imide groups is 2. The highest BCUT2D eigenvalue weighted by Crippen LogP contribution is 2.29. The third-order valence-corrected chi connectivity index (χ3v) is 3.97. The van der Waals surface area contributed by atoms with Crippen molar-refractivity contribution >= 4 is 29.6 Å². The number of aromatic hydroxyl groups is 1. The molecule has 0 aromatic heterocycles. The molecule has 3 rings (SSSR count). The molecule has 0 atom stereocenters. The van der Waals surface area contributed by atoms with Gasteiger partial charge in [-0.1, -0.05) is 24.3 Å². The quantitative estimate of drug-likeness (QED) is 0.653. The fraction of sp³-hybridized carbons (Fsp3) is 0.105. The Morgan fingerprint density at radius 3 is 2.50 bits per heavy atom. The Hall–Kier alpha value is -3.61. The molecular weight excluding hydrogens is 336 g/mol. The highest BCUT2D eigenvalue weighted by molar-refractivity contribution is 6.39. The number of hydrogen-bond acceptors (Lipinski definition) is 5. The molecule has 0 radical (unpaired) electrons. The molecule has 7 nitrogen and oxygen atoms in total. The van der Waals surface area contributed by atoms with E-state index in [0.717, 1.165) is 4.90 Å². The van der Waals surface area contributed by atoms with Crippen LogP contribution in [0.3, 0.4) is 0 Å². The Bertz CT molecular complexity index is 949. The summed E-state index contributed by atoms with van der Waals surface area (Å²) in [6.45, 7) is 1.76. The number of para-hydroxylation sites is 1. The fourth-order valence-corrected chi connectivity index (χ4v) is 2.65. The number of amides is 4. The number of barbiturate groups is 1. The van der Waals surface area contributed by atoms with Crippen molar-refractivity contribution in [2.45, 2.75) is 6.92 Å². The molecule has 0 spiro atoms. The summed E-state index contributed by atoms with van der Waals surface area (Å²) in [6.07, 6.45) is 1.31. The maximum absolute atomic E-state index is 12.8. The summed E-state index contributed by atoms with van der Waals surface area (Å²) in [6, 6.07) is 10.5. The van der Waals surface area contributed by atoms with Crippen LogP contribution in [0.2, 0.25) is 0 Å². The van der Waals surface area contributed by atoms with Gasteiger partial charge in [0.1, 0.15) is 5.57 Å². The number of ether oxygens (including phenoxy) is 1. The number of nitrogens with zero attached hydrogens (tertiary/aromatic N) is 1. The molecule has 0 saturated carbocycles. The van der Waals surface area contributed by atoms with E-state index in [1.54, 1.807) is 37.3 Å². The van der Waals surface area contributed by atoms with Crippen LogP contribution < -0.4 is 15.0 Å². The van der Waals surface area contributed by atoms with Crippen LogP contribution in [0.1, 0.15) is 11.1 Å². The van der Waals surface area contributed by atoms with Gasteiger partial charge in [0.05, 0.1) is 12.8 Å². The second-order valence-electron chi connectivity index (χ2n) is 5.68. The lowest BCUT2D eigenvalue weighted by atomic mass is 10.1. The molecule has 2 aromatic rings. The first-order chi connectivity index (χ1) is 12.4. The molecule has 1 aliphatic heterocycles. The van der Waals surface area contributed by atoms with E-state index in [1.165, 1.54) is 25.3 Å². The molecule has 132 valence electrons. The predicted molar refractivity (Wildman–Crippen MR) is 94.8 cm³/mol. The standard InChI is InChI=1S/C19H16N2O5/c1-11-5-3-4-6-14(11)21-18(24)13(17(23)20-19(21)25)9-12-7-8-16(26-2)15(22)10-12/h3-10,22H,1-2H3,(H,20,23,25)/b13-9+. The van der Waals surface area contributed by atoms with Gasteiger partial charge in [-0.3, -0.25) is 14.9 Å². The Kier molecular flexibility index (Phi) is 4.45.